The summed E-state index contributed by atoms with van der Waals surface area (Å²) in [4.78, 5) is 14.9. The maximum atomic E-state index is 11.9. The number of fused-ring (bicyclic) bond motifs is 1. The van der Waals surface area contributed by atoms with Crippen LogP contribution in [-0.4, -0.2) is 36.4 Å². The smallest absolute Gasteiger partial charge is 0.336 e. The molecule has 1 aliphatic rings. The Balaban J connectivity index is 1.46. The number of aromatic hydroxyl groups is 2. The second-order valence-electron chi connectivity index (χ2n) is 7.24. The first-order chi connectivity index (χ1) is 13.1. The summed E-state index contributed by atoms with van der Waals surface area (Å²) in [5.41, 5.74) is 1.76. The number of rotatable bonds is 4. The van der Waals surface area contributed by atoms with Crippen LogP contribution in [0.4, 0.5) is 0 Å². The molecule has 140 valence electrons. The molecule has 4 N–H and O–H groups in total. The summed E-state index contributed by atoms with van der Waals surface area (Å²) < 4.78 is 5.11. The van der Waals surface area contributed by atoms with E-state index in [0.29, 0.717) is 11.9 Å². The van der Waals surface area contributed by atoms with E-state index in [1.165, 1.54) is 22.6 Å². The van der Waals surface area contributed by atoms with Crippen molar-refractivity contribution in [1.82, 2.24) is 0 Å². The highest BCUT2D eigenvalue weighted by atomic mass is 16.4. The molecule has 0 saturated carbocycles. The van der Waals surface area contributed by atoms with Gasteiger partial charge in [-0.25, -0.2) is 4.79 Å². The Morgan fingerprint density at radius 2 is 1.56 bits per heavy atom. The maximum absolute atomic E-state index is 11.9. The molecule has 0 spiro atoms. The molecule has 0 amide bonds. The molecule has 0 bridgehead atoms. The molecule has 4 rings (SSSR count). The highest BCUT2D eigenvalue weighted by Crippen LogP contribution is 2.33. The lowest BCUT2D eigenvalue weighted by atomic mass is 10.1. The van der Waals surface area contributed by atoms with Crippen LogP contribution in [0.2, 0.25) is 0 Å². The summed E-state index contributed by atoms with van der Waals surface area (Å²) in [7, 11) is 0. The van der Waals surface area contributed by atoms with Crippen LogP contribution in [0.5, 0.6) is 11.5 Å². The van der Waals surface area contributed by atoms with Crippen molar-refractivity contribution in [3.63, 3.8) is 0 Å². The third-order valence-corrected chi connectivity index (χ3v) is 5.35. The van der Waals surface area contributed by atoms with Gasteiger partial charge in [-0.1, -0.05) is 30.3 Å². The predicted molar refractivity (Wildman–Crippen MR) is 101 cm³/mol. The number of hydrogen-bond donors (Lipinski definition) is 4. The molecule has 1 saturated heterocycles. The second kappa shape index (κ2) is 7.42. The standard InChI is InChI=1S/C21H22N2O4/c24-18-7-6-17-16(12-19(25)27-21(17)20(18)26)14-23-10-8-22(9-11-23)13-15-4-2-1-3-5-15/h1-7,12,24,26H,8-11,13-14H2/p+2. The average molecular weight is 368 g/mol. The van der Waals surface area contributed by atoms with Gasteiger partial charge in [0.2, 0.25) is 5.75 Å². The molecular weight excluding hydrogens is 344 g/mol. The first kappa shape index (κ1) is 17.6. The number of nitrogens with one attached hydrogen (secondary N) is 2. The molecule has 0 aliphatic carbocycles. The van der Waals surface area contributed by atoms with Crippen molar-refractivity contribution in [2.45, 2.75) is 13.1 Å². The molecule has 3 aromatic rings. The lowest BCUT2D eigenvalue weighted by Crippen LogP contribution is -3.27. The highest BCUT2D eigenvalue weighted by Gasteiger charge is 2.24. The summed E-state index contributed by atoms with van der Waals surface area (Å²) in [5, 5.41) is 20.3. The van der Waals surface area contributed by atoms with E-state index in [4.69, 9.17) is 4.42 Å². The van der Waals surface area contributed by atoms with Crippen molar-refractivity contribution < 1.29 is 24.4 Å². The van der Waals surface area contributed by atoms with Crippen molar-refractivity contribution in [2.75, 3.05) is 26.2 Å². The van der Waals surface area contributed by atoms with Crippen LogP contribution in [0.1, 0.15) is 11.1 Å². The van der Waals surface area contributed by atoms with Crippen molar-refractivity contribution in [1.29, 1.82) is 0 Å². The van der Waals surface area contributed by atoms with E-state index in [1.54, 1.807) is 11.0 Å². The van der Waals surface area contributed by atoms with Crippen LogP contribution in [-0.2, 0) is 13.1 Å². The van der Waals surface area contributed by atoms with E-state index < -0.39 is 5.63 Å². The SMILES string of the molecule is O=c1cc(C[NH+]2CC[NH+](Cc3ccccc3)CC2)c2ccc(O)c(O)c2o1. The van der Waals surface area contributed by atoms with Crippen LogP contribution in [0.3, 0.4) is 0 Å². The number of hydrogen-bond acceptors (Lipinski definition) is 4. The van der Waals surface area contributed by atoms with Gasteiger partial charge in [0.15, 0.2) is 11.3 Å². The van der Waals surface area contributed by atoms with Gasteiger partial charge in [-0.15, -0.1) is 0 Å². The fraction of sp³-hybridized carbons (Fsp3) is 0.286. The lowest BCUT2D eigenvalue weighted by molar-refractivity contribution is -1.02. The highest BCUT2D eigenvalue weighted by molar-refractivity contribution is 5.87. The third-order valence-electron chi connectivity index (χ3n) is 5.35. The van der Waals surface area contributed by atoms with Crippen molar-refractivity contribution in [3.05, 3.63) is 70.1 Å². The quantitative estimate of drug-likeness (QED) is 0.376. The van der Waals surface area contributed by atoms with Gasteiger partial charge in [0.25, 0.3) is 0 Å². The fourth-order valence-corrected chi connectivity index (χ4v) is 3.88. The van der Waals surface area contributed by atoms with E-state index >= 15 is 0 Å². The molecule has 1 fully saturated rings. The number of piperazine rings is 1. The van der Waals surface area contributed by atoms with Gasteiger partial charge in [-0.3, -0.25) is 0 Å². The van der Waals surface area contributed by atoms with Gasteiger partial charge >= 0.3 is 5.63 Å². The Morgan fingerprint density at radius 3 is 2.26 bits per heavy atom. The molecule has 0 unspecified atom stereocenters. The Labute approximate surface area is 156 Å². The third kappa shape index (κ3) is 3.82. The zero-order valence-electron chi connectivity index (χ0n) is 15.1. The van der Waals surface area contributed by atoms with Crippen LogP contribution in [0, 0.1) is 0 Å². The van der Waals surface area contributed by atoms with E-state index in [-0.39, 0.29) is 17.1 Å². The average Bonchev–Trinajstić information content (AvgIpc) is 2.67. The monoisotopic (exact) mass is 368 g/mol. The molecule has 2 aromatic carbocycles. The van der Waals surface area contributed by atoms with Crippen LogP contribution < -0.4 is 15.4 Å². The van der Waals surface area contributed by atoms with E-state index in [0.717, 1.165) is 38.3 Å². The number of phenolic OH excluding ortho intramolecular Hbond substituents is 2. The zero-order valence-corrected chi connectivity index (χ0v) is 15.1. The minimum absolute atomic E-state index is 0.0604. The van der Waals surface area contributed by atoms with E-state index in [9.17, 15) is 15.0 Å². The van der Waals surface area contributed by atoms with Gasteiger partial charge < -0.3 is 24.4 Å². The normalized spacial score (nSPS) is 20.0. The van der Waals surface area contributed by atoms with Crippen molar-refractivity contribution in [2.24, 2.45) is 0 Å². The number of phenols is 2. The number of benzene rings is 2. The van der Waals surface area contributed by atoms with E-state index in [1.807, 2.05) is 6.07 Å². The zero-order chi connectivity index (χ0) is 18.8. The summed E-state index contributed by atoms with van der Waals surface area (Å²) in [5.74, 6) is -0.660. The first-order valence-electron chi connectivity index (χ1n) is 9.29. The molecule has 1 aromatic heterocycles. The number of quaternary nitrogens is 2. The molecule has 6 nitrogen and oxygen atoms in total. The Hall–Kier alpha value is -2.83. The fourth-order valence-electron chi connectivity index (χ4n) is 3.88. The molecule has 2 heterocycles. The molecule has 1 aliphatic heterocycles. The molecule has 0 atom stereocenters. The maximum Gasteiger partial charge on any atom is 0.336 e. The Bertz CT molecular complexity index is 992. The lowest BCUT2D eigenvalue weighted by Gasteiger charge is -2.30. The van der Waals surface area contributed by atoms with Gasteiger partial charge in [-0.05, 0) is 12.1 Å². The second-order valence-corrected chi connectivity index (χ2v) is 7.24. The largest absolute Gasteiger partial charge is 0.504 e. The van der Waals surface area contributed by atoms with Crippen LogP contribution >= 0.6 is 0 Å². The van der Waals surface area contributed by atoms with Gasteiger partial charge in [0.1, 0.15) is 39.3 Å². The molecular formula is C21H24N2O4+2. The van der Waals surface area contributed by atoms with Crippen molar-refractivity contribution in [3.8, 4) is 11.5 Å². The van der Waals surface area contributed by atoms with Crippen LogP contribution in [0.25, 0.3) is 11.0 Å². The molecule has 6 heteroatoms. The van der Waals surface area contributed by atoms with Gasteiger partial charge in [-0.2, -0.15) is 0 Å². The van der Waals surface area contributed by atoms with Crippen LogP contribution in [0.15, 0.2) is 57.7 Å². The summed E-state index contributed by atoms with van der Waals surface area (Å²) in [6.07, 6.45) is 0. The van der Waals surface area contributed by atoms with Gasteiger partial charge in [0.05, 0.1) is 0 Å². The Morgan fingerprint density at radius 1 is 0.889 bits per heavy atom. The minimum Gasteiger partial charge on any atom is -0.504 e. The van der Waals surface area contributed by atoms with Crippen molar-refractivity contribution >= 4 is 11.0 Å². The topological polar surface area (TPSA) is 79.6 Å². The Kier molecular flexibility index (Phi) is 4.83. The summed E-state index contributed by atoms with van der Waals surface area (Å²) in [6, 6.07) is 15.2. The molecule has 0 radical (unpaired) electrons. The summed E-state index contributed by atoms with van der Waals surface area (Å²) in [6.45, 7) is 5.94. The summed E-state index contributed by atoms with van der Waals surface area (Å²) >= 11 is 0. The van der Waals surface area contributed by atoms with Gasteiger partial charge in [0, 0.05) is 22.6 Å². The predicted octanol–water partition coefficient (Wildman–Crippen LogP) is -0.312. The van der Waals surface area contributed by atoms with E-state index in [2.05, 4.69) is 24.3 Å². The minimum atomic E-state index is -0.508. The molecule has 27 heavy (non-hydrogen) atoms. The first-order valence-corrected chi connectivity index (χ1v) is 9.29.